The normalized spacial score (nSPS) is 14.7. The van der Waals surface area contributed by atoms with Crippen LogP contribution in [0.5, 0.6) is 17.2 Å². The second-order valence-corrected chi connectivity index (χ2v) is 5.53. The third-order valence-corrected chi connectivity index (χ3v) is 4.06. The molecule has 0 saturated heterocycles. The van der Waals surface area contributed by atoms with Crippen molar-refractivity contribution in [1.82, 2.24) is 0 Å². The zero-order valence-corrected chi connectivity index (χ0v) is 12.9. The van der Waals surface area contributed by atoms with E-state index in [2.05, 4.69) is 0 Å². The van der Waals surface area contributed by atoms with E-state index >= 15 is 0 Å². The molecule has 1 aliphatic rings. The number of hydrogen-bond donors (Lipinski definition) is 1. The zero-order chi connectivity index (χ0) is 16.7. The van der Waals surface area contributed by atoms with Crippen LogP contribution in [0.3, 0.4) is 0 Å². The molecule has 118 valence electrons. The minimum absolute atomic E-state index is 0.0141. The molecule has 4 rings (SSSR count). The lowest BCUT2D eigenvalue weighted by Gasteiger charge is -2.04. The first-order valence-corrected chi connectivity index (χ1v) is 7.50. The number of ether oxygens (including phenoxy) is 2. The number of aromatic hydroxyl groups is 1. The van der Waals surface area contributed by atoms with Crippen LogP contribution in [-0.2, 0) is 0 Å². The van der Waals surface area contributed by atoms with E-state index in [4.69, 9.17) is 9.47 Å². The third kappa shape index (κ3) is 2.20. The van der Waals surface area contributed by atoms with Crippen molar-refractivity contribution in [3.05, 3.63) is 71.5 Å². The summed E-state index contributed by atoms with van der Waals surface area (Å²) in [5.41, 5.74) is 1.24. The van der Waals surface area contributed by atoms with Crippen molar-refractivity contribution in [3.63, 3.8) is 0 Å². The summed E-state index contributed by atoms with van der Waals surface area (Å²) in [5, 5.41) is 11.7. The molecule has 0 bridgehead atoms. The monoisotopic (exact) mass is 318 g/mol. The van der Waals surface area contributed by atoms with E-state index in [9.17, 15) is 9.90 Å². The Labute approximate surface area is 138 Å². The second-order valence-electron chi connectivity index (χ2n) is 5.53. The Bertz CT molecular complexity index is 1000. The van der Waals surface area contributed by atoms with Gasteiger partial charge in [0.1, 0.15) is 5.75 Å². The largest absolute Gasteiger partial charge is 0.504 e. The average Bonchev–Trinajstić information content (AvgIpc) is 2.91. The highest BCUT2D eigenvalue weighted by atomic mass is 16.5. The average molecular weight is 318 g/mol. The molecule has 0 aliphatic carbocycles. The molecule has 0 amide bonds. The highest BCUT2D eigenvalue weighted by Crippen LogP contribution is 2.37. The van der Waals surface area contributed by atoms with Gasteiger partial charge >= 0.3 is 0 Å². The maximum absolute atomic E-state index is 12.7. The number of hydrogen-bond acceptors (Lipinski definition) is 4. The first-order chi connectivity index (χ1) is 11.7. The van der Waals surface area contributed by atoms with Crippen LogP contribution in [0.15, 0.2) is 60.4 Å². The molecule has 0 atom stereocenters. The van der Waals surface area contributed by atoms with Crippen molar-refractivity contribution < 1.29 is 19.4 Å². The van der Waals surface area contributed by atoms with Crippen molar-refractivity contribution in [2.24, 2.45) is 0 Å². The molecule has 3 aromatic carbocycles. The number of benzene rings is 3. The SMILES string of the molecule is COc1ccc(/C=C2\Oc3ccc4ccccc4c3C2=O)cc1O. The van der Waals surface area contributed by atoms with Crippen LogP contribution < -0.4 is 9.47 Å². The van der Waals surface area contributed by atoms with Gasteiger partial charge < -0.3 is 14.6 Å². The van der Waals surface area contributed by atoms with Crippen LogP contribution in [0.2, 0.25) is 0 Å². The molecule has 1 heterocycles. The molecule has 0 unspecified atom stereocenters. The number of phenolic OH excluding ortho intramolecular Hbond substituents is 1. The maximum atomic E-state index is 12.7. The predicted molar refractivity (Wildman–Crippen MR) is 91.5 cm³/mol. The minimum atomic E-state index is -0.155. The van der Waals surface area contributed by atoms with E-state index in [-0.39, 0.29) is 17.3 Å². The van der Waals surface area contributed by atoms with Gasteiger partial charge in [-0.05, 0) is 40.6 Å². The van der Waals surface area contributed by atoms with Gasteiger partial charge in [0.25, 0.3) is 0 Å². The smallest absolute Gasteiger partial charge is 0.232 e. The number of ketones is 1. The quantitative estimate of drug-likeness (QED) is 0.721. The molecular formula is C20H14O4. The van der Waals surface area contributed by atoms with Gasteiger partial charge in [0.05, 0.1) is 12.7 Å². The van der Waals surface area contributed by atoms with E-state index < -0.39 is 0 Å². The van der Waals surface area contributed by atoms with Crippen molar-refractivity contribution in [1.29, 1.82) is 0 Å². The Balaban J connectivity index is 1.78. The summed E-state index contributed by atoms with van der Waals surface area (Å²) in [6, 6.07) is 16.4. The van der Waals surface area contributed by atoms with Crippen LogP contribution >= 0.6 is 0 Å². The molecule has 1 N–H and O–H groups in total. The highest BCUT2D eigenvalue weighted by Gasteiger charge is 2.29. The fraction of sp³-hybridized carbons (Fsp3) is 0.0500. The van der Waals surface area contributed by atoms with Crippen LogP contribution in [0.25, 0.3) is 16.8 Å². The van der Waals surface area contributed by atoms with Crippen molar-refractivity contribution in [3.8, 4) is 17.2 Å². The summed E-state index contributed by atoms with van der Waals surface area (Å²) in [4.78, 5) is 12.7. The van der Waals surface area contributed by atoms with Gasteiger partial charge in [-0.25, -0.2) is 0 Å². The van der Waals surface area contributed by atoms with Crippen molar-refractivity contribution >= 4 is 22.6 Å². The number of Topliss-reactive ketones (excluding diaryl/α,β-unsaturated/α-hetero) is 1. The van der Waals surface area contributed by atoms with Gasteiger partial charge in [0.2, 0.25) is 5.78 Å². The van der Waals surface area contributed by atoms with Gasteiger partial charge in [-0.3, -0.25) is 4.79 Å². The minimum Gasteiger partial charge on any atom is -0.504 e. The Morgan fingerprint density at radius 3 is 2.71 bits per heavy atom. The topological polar surface area (TPSA) is 55.8 Å². The summed E-state index contributed by atoms with van der Waals surface area (Å²) in [5.74, 6) is 1.04. The molecule has 24 heavy (non-hydrogen) atoms. The summed E-state index contributed by atoms with van der Waals surface area (Å²) < 4.78 is 10.7. The lowest BCUT2D eigenvalue weighted by molar-refractivity contribution is 0.101. The Morgan fingerprint density at radius 1 is 1.08 bits per heavy atom. The van der Waals surface area contributed by atoms with E-state index in [0.717, 1.165) is 10.8 Å². The summed E-state index contributed by atoms with van der Waals surface area (Å²) >= 11 is 0. The van der Waals surface area contributed by atoms with Crippen LogP contribution in [0.4, 0.5) is 0 Å². The number of carbonyl (C=O) groups is 1. The Morgan fingerprint density at radius 2 is 1.92 bits per heavy atom. The first kappa shape index (κ1) is 14.3. The van der Waals surface area contributed by atoms with E-state index in [1.165, 1.54) is 13.2 Å². The number of fused-ring (bicyclic) bond motifs is 3. The summed E-state index contributed by atoms with van der Waals surface area (Å²) in [6.07, 6.45) is 1.62. The molecule has 4 heteroatoms. The number of methoxy groups -OCH3 is 1. The van der Waals surface area contributed by atoms with Crippen LogP contribution in [-0.4, -0.2) is 18.0 Å². The van der Waals surface area contributed by atoms with Crippen LogP contribution in [0.1, 0.15) is 15.9 Å². The van der Waals surface area contributed by atoms with E-state index in [1.54, 1.807) is 18.2 Å². The summed E-state index contributed by atoms with van der Waals surface area (Å²) in [7, 11) is 1.48. The lowest BCUT2D eigenvalue weighted by atomic mass is 10.0. The molecule has 1 aliphatic heterocycles. The van der Waals surface area contributed by atoms with E-state index in [1.807, 2.05) is 36.4 Å². The highest BCUT2D eigenvalue weighted by molar-refractivity contribution is 6.21. The Kier molecular flexibility index (Phi) is 3.24. The molecule has 0 radical (unpaired) electrons. The number of carbonyl (C=O) groups excluding carboxylic acids is 1. The maximum Gasteiger partial charge on any atom is 0.232 e. The number of allylic oxidation sites excluding steroid dienone is 1. The first-order valence-electron chi connectivity index (χ1n) is 7.50. The van der Waals surface area contributed by atoms with Crippen molar-refractivity contribution in [2.45, 2.75) is 0 Å². The number of rotatable bonds is 2. The second kappa shape index (κ2) is 5.42. The zero-order valence-electron chi connectivity index (χ0n) is 12.9. The molecule has 0 fully saturated rings. The molecular weight excluding hydrogens is 304 g/mol. The fourth-order valence-corrected chi connectivity index (χ4v) is 2.90. The number of phenols is 1. The van der Waals surface area contributed by atoms with Crippen molar-refractivity contribution in [2.75, 3.05) is 7.11 Å². The van der Waals surface area contributed by atoms with Gasteiger partial charge in [0, 0.05) is 0 Å². The molecule has 0 saturated carbocycles. The van der Waals surface area contributed by atoms with E-state index in [0.29, 0.717) is 22.6 Å². The predicted octanol–water partition coefficient (Wildman–Crippen LogP) is 4.17. The van der Waals surface area contributed by atoms with Crippen LogP contribution in [0, 0.1) is 0 Å². The third-order valence-electron chi connectivity index (χ3n) is 4.06. The molecule has 0 spiro atoms. The van der Waals surface area contributed by atoms with Gasteiger partial charge in [-0.1, -0.05) is 36.4 Å². The molecule has 4 nitrogen and oxygen atoms in total. The van der Waals surface area contributed by atoms with Gasteiger partial charge in [-0.15, -0.1) is 0 Å². The summed E-state index contributed by atoms with van der Waals surface area (Å²) in [6.45, 7) is 0. The Hall–Kier alpha value is -3.27. The fourth-order valence-electron chi connectivity index (χ4n) is 2.90. The lowest BCUT2D eigenvalue weighted by Crippen LogP contribution is -1.98. The standard InChI is InChI=1S/C20H14O4/c1-23-16-8-6-12(10-15(16)21)11-18-20(22)19-14-5-3-2-4-13(14)7-9-17(19)24-18/h2-11,21H,1H3/b18-11-. The van der Waals surface area contributed by atoms with Gasteiger partial charge in [-0.2, -0.15) is 0 Å². The molecule has 0 aromatic heterocycles. The molecule has 3 aromatic rings. The van der Waals surface area contributed by atoms with Gasteiger partial charge in [0.15, 0.2) is 17.3 Å².